The van der Waals surface area contributed by atoms with E-state index in [-0.39, 0.29) is 19.8 Å². The maximum Gasteiger partial charge on any atom is 0.403 e. The Morgan fingerprint density at radius 1 is 0.789 bits per heavy atom. The van der Waals surface area contributed by atoms with Crippen molar-refractivity contribution in [2.75, 3.05) is 19.8 Å². The van der Waals surface area contributed by atoms with E-state index in [4.69, 9.17) is 13.6 Å². The average Bonchev–Trinajstić information content (AvgIpc) is 2.40. The molecule has 0 aromatic heterocycles. The highest BCUT2D eigenvalue weighted by Gasteiger charge is 2.65. The second kappa shape index (κ2) is 7.09. The number of hydrogen-bond acceptors (Lipinski definition) is 7. The van der Waals surface area contributed by atoms with Gasteiger partial charge in [-0.2, -0.15) is 0 Å². The van der Waals surface area contributed by atoms with Gasteiger partial charge in [0.2, 0.25) is 0 Å². The summed E-state index contributed by atoms with van der Waals surface area (Å²) in [6.07, 6.45) is -4.37. The van der Waals surface area contributed by atoms with Crippen molar-refractivity contribution in [3.05, 3.63) is 0 Å². The van der Waals surface area contributed by atoms with Crippen LogP contribution in [0.4, 0.5) is 0 Å². The van der Waals surface area contributed by atoms with Crippen LogP contribution in [0, 0.1) is 0 Å². The molecule has 1 heterocycles. The quantitative estimate of drug-likeness (QED) is 0.439. The van der Waals surface area contributed by atoms with Crippen LogP contribution in [0.15, 0.2) is 0 Å². The number of hydrogen-bond donors (Lipinski definition) is 4. The number of ether oxygens (including phenoxy) is 1. The van der Waals surface area contributed by atoms with E-state index in [1.807, 2.05) is 0 Å². The standard InChI is InChI=1S/C11H24O7Si/c1-4-16-11-9(14)7(12)8(13)10(15)19(11,17-5-2)18-6-3/h7-15H,4-6H2,1-3H3. The minimum absolute atomic E-state index is 0.252. The Kier molecular flexibility index (Phi) is 6.34. The van der Waals surface area contributed by atoms with Crippen molar-refractivity contribution in [3.63, 3.8) is 0 Å². The molecule has 1 fully saturated rings. The van der Waals surface area contributed by atoms with Gasteiger partial charge < -0.3 is 34.0 Å². The van der Waals surface area contributed by atoms with Gasteiger partial charge in [0.15, 0.2) is 0 Å². The first-order chi connectivity index (χ1) is 8.96. The molecule has 8 heteroatoms. The van der Waals surface area contributed by atoms with Crippen molar-refractivity contribution < 1.29 is 34.0 Å². The fourth-order valence-corrected chi connectivity index (χ4v) is 6.17. The molecule has 1 aliphatic rings. The van der Waals surface area contributed by atoms with E-state index in [2.05, 4.69) is 0 Å². The van der Waals surface area contributed by atoms with E-state index >= 15 is 0 Å². The first kappa shape index (κ1) is 17.0. The van der Waals surface area contributed by atoms with Crippen molar-refractivity contribution in [2.24, 2.45) is 0 Å². The molecular formula is C11H24O7Si. The van der Waals surface area contributed by atoms with Crippen LogP contribution in [-0.4, -0.2) is 78.6 Å². The predicted molar refractivity (Wildman–Crippen MR) is 68.4 cm³/mol. The summed E-state index contributed by atoms with van der Waals surface area (Å²) in [4.78, 5) is 0. The van der Waals surface area contributed by atoms with E-state index < -0.39 is 38.3 Å². The van der Waals surface area contributed by atoms with Gasteiger partial charge in [0, 0.05) is 19.8 Å². The zero-order valence-electron chi connectivity index (χ0n) is 11.5. The van der Waals surface area contributed by atoms with E-state index in [0.717, 1.165) is 0 Å². The highest BCUT2D eigenvalue weighted by molar-refractivity contribution is 6.70. The van der Waals surface area contributed by atoms with E-state index in [1.165, 1.54) is 0 Å². The molecule has 114 valence electrons. The third-order valence-corrected chi connectivity index (χ3v) is 7.18. The Balaban J connectivity index is 3.15. The fraction of sp³-hybridized carbons (Fsp3) is 1.00. The Labute approximate surface area is 114 Å². The van der Waals surface area contributed by atoms with Crippen molar-refractivity contribution in [1.82, 2.24) is 0 Å². The maximum atomic E-state index is 10.2. The SMILES string of the molecule is CCOC1C(O)C(O)C(O)C(O)[Si]1(OCC)OCC. The Morgan fingerprint density at radius 3 is 1.74 bits per heavy atom. The summed E-state index contributed by atoms with van der Waals surface area (Å²) >= 11 is 0. The summed E-state index contributed by atoms with van der Waals surface area (Å²) in [7, 11) is -3.43. The van der Waals surface area contributed by atoms with E-state index in [1.54, 1.807) is 20.8 Å². The Morgan fingerprint density at radius 2 is 1.32 bits per heavy atom. The van der Waals surface area contributed by atoms with Crippen LogP contribution >= 0.6 is 0 Å². The lowest BCUT2D eigenvalue weighted by Gasteiger charge is -2.48. The van der Waals surface area contributed by atoms with Gasteiger partial charge in [-0.05, 0) is 20.8 Å². The van der Waals surface area contributed by atoms with Crippen molar-refractivity contribution >= 4 is 8.56 Å². The van der Waals surface area contributed by atoms with Crippen LogP contribution in [0.1, 0.15) is 20.8 Å². The highest BCUT2D eigenvalue weighted by atomic mass is 28.4. The first-order valence-electron chi connectivity index (χ1n) is 6.57. The second-order valence-electron chi connectivity index (χ2n) is 4.38. The van der Waals surface area contributed by atoms with Gasteiger partial charge >= 0.3 is 8.56 Å². The fourth-order valence-electron chi connectivity index (χ4n) is 2.43. The lowest BCUT2D eigenvalue weighted by molar-refractivity contribution is -0.160. The smallest absolute Gasteiger partial charge is 0.391 e. The van der Waals surface area contributed by atoms with Crippen LogP contribution in [0.25, 0.3) is 0 Å². The van der Waals surface area contributed by atoms with E-state index in [0.29, 0.717) is 0 Å². The number of aliphatic hydroxyl groups excluding tert-OH is 4. The number of rotatable bonds is 6. The molecule has 0 saturated carbocycles. The molecule has 0 amide bonds. The van der Waals surface area contributed by atoms with Gasteiger partial charge in [0.1, 0.15) is 29.8 Å². The lowest BCUT2D eigenvalue weighted by atomic mass is 10.1. The van der Waals surface area contributed by atoms with Crippen LogP contribution in [-0.2, 0) is 13.6 Å². The van der Waals surface area contributed by atoms with Crippen molar-refractivity contribution in [1.29, 1.82) is 0 Å². The lowest BCUT2D eigenvalue weighted by Crippen LogP contribution is -2.77. The Bertz CT molecular complexity index is 272. The monoisotopic (exact) mass is 296 g/mol. The molecule has 7 nitrogen and oxygen atoms in total. The summed E-state index contributed by atoms with van der Waals surface area (Å²) in [5.74, 6) is 0. The molecule has 0 aromatic carbocycles. The minimum Gasteiger partial charge on any atom is -0.391 e. The first-order valence-corrected chi connectivity index (χ1v) is 8.55. The summed E-state index contributed by atoms with van der Waals surface area (Å²) in [5, 5.41) is 39.9. The molecule has 5 atom stereocenters. The minimum atomic E-state index is -3.43. The highest BCUT2D eigenvalue weighted by Crippen LogP contribution is 2.32. The van der Waals surface area contributed by atoms with Gasteiger partial charge in [-0.15, -0.1) is 0 Å². The molecule has 0 spiro atoms. The van der Waals surface area contributed by atoms with Gasteiger partial charge in [-0.25, -0.2) is 0 Å². The molecule has 0 bridgehead atoms. The molecule has 0 aliphatic carbocycles. The predicted octanol–water partition coefficient (Wildman–Crippen LogP) is -1.56. The van der Waals surface area contributed by atoms with Crippen LogP contribution < -0.4 is 0 Å². The molecular weight excluding hydrogens is 272 g/mol. The van der Waals surface area contributed by atoms with Crippen LogP contribution in [0.2, 0.25) is 0 Å². The zero-order chi connectivity index (χ0) is 14.6. The average molecular weight is 296 g/mol. The third kappa shape index (κ3) is 3.00. The van der Waals surface area contributed by atoms with Gasteiger partial charge in [0.25, 0.3) is 0 Å². The molecule has 1 aliphatic heterocycles. The summed E-state index contributed by atoms with van der Waals surface area (Å²) in [6.45, 7) is 5.96. The van der Waals surface area contributed by atoms with Gasteiger partial charge in [0.05, 0.1) is 0 Å². The molecule has 0 radical (unpaired) electrons. The van der Waals surface area contributed by atoms with Crippen LogP contribution in [0.5, 0.6) is 0 Å². The maximum absolute atomic E-state index is 10.2. The molecule has 4 N–H and O–H groups in total. The second-order valence-corrected chi connectivity index (χ2v) is 7.56. The summed E-state index contributed by atoms with van der Waals surface area (Å²) in [5.41, 5.74) is -2.34. The molecule has 19 heavy (non-hydrogen) atoms. The molecule has 1 saturated heterocycles. The van der Waals surface area contributed by atoms with Gasteiger partial charge in [-0.3, -0.25) is 0 Å². The number of aliphatic hydroxyl groups is 4. The molecule has 1 rings (SSSR count). The largest absolute Gasteiger partial charge is 0.403 e. The topological polar surface area (TPSA) is 109 Å². The zero-order valence-corrected chi connectivity index (χ0v) is 12.5. The van der Waals surface area contributed by atoms with Crippen LogP contribution in [0.3, 0.4) is 0 Å². The van der Waals surface area contributed by atoms with E-state index in [9.17, 15) is 20.4 Å². The Hall–Kier alpha value is -0.0631. The van der Waals surface area contributed by atoms with Crippen molar-refractivity contribution in [3.8, 4) is 0 Å². The normalized spacial score (nSPS) is 38.4. The summed E-state index contributed by atoms with van der Waals surface area (Å²) < 4.78 is 16.6. The summed E-state index contributed by atoms with van der Waals surface area (Å²) in [6, 6.07) is 0. The van der Waals surface area contributed by atoms with Crippen molar-refractivity contribution in [2.45, 2.75) is 50.5 Å². The molecule has 5 unspecified atom stereocenters. The third-order valence-electron chi connectivity index (χ3n) is 3.23. The molecule has 0 aromatic rings. The van der Waals surface area contributed by atoms with Gasteiger partial charge in [-0.1, -0.05) is 0 Å².